The zero-order valence-electron chi connectivity index (χ0n) is 15.4. The fourth-order valence-electron chi connectivity index (χ4n) is 3.49. The van der Waals surface area contributed by atoms with E-state index in [1.54, 1.807) is 0 Å². The normalized spacial score (nSPS) is 16.6. The second-order valence-corrected chi connectivity index (χ2v) is 8.71. The highest BCUT2D eigenvalue weighted by Gasteiger charge is 2.31. The first-order valence-corrected chi connectivity index (χ1v) is 10.2. The number of amides is 1. The maximum absolute atomic E-state index is 13.1. The van der Waals surface area contributed by atoms with Crippen molar-refractivity contribution in [2.24, 2.45) is 0 Å². The molecular weight excluding hydrogens is 376 g/mol. The van der Waals surface area contributed by atoms with Crippen LogP contribution in [0.4, 0.5) is 5.69 Å². The summed E-state index contributed by atoms with van der Waals surface area (Å²) in [6, 6.07) is 20.5. The standard InChI is InChI=1S/C22H21ClN2OS/c1-24(2)14-21(26)25-13-20(16-7-10-17(23)11-8-16)27-19-12-9-15-5-3-4-6-18(15)22(19)25/h3-12,20H,13-14H2,1-2H3/t20-/m0/s1. The minimum atomic E-state index is 0.122. The Morgan fingerprint density at radius 3 is 2.59 bits per heavy atom. The van der Waals surface area contributed by atoms with Crippen molar-refractivity contribution in [2.45, 2.75) is 10.1 Å². The van der Waals surface area contributed by atoms with Crippen LogP contribution in [0.3, 0.4) is 0 Å². The Morgan fingerprint density at radius 2 is 1.85 bits per heavy atom. The van der Waals surface area contributed by atoms with Gasteiger partial charge in [0.25, 0.3) is 0 Å². The van der Waals surface area contributed by atoms with Gasteiger partial charge >= 0.3 is 0 Å². The molecule has 3 nitrogen and oxygen atoms in total. The number of likely N-dealkylation sites (N-methyl/N-ethyl adjacent to an activating group) is 1. The Kier molecular flexibility index (Phi) is 5.13. The number of fused-ring (bicyclic) bond motifs is 3. The minimum Gasteiger partial charge on any atom is -0.308 e. The monoisotopic (exact) mass is 396 g/mol. The number of nitrogens with zero attached hydrogens (tertiary/aromatic N) is 2. The predicted octanol–water partition coefficient (Wildman–Crippen LogP) is 5.23. The van der Waals surface area contributed by atoms with E-state index in [-0.39, 0.29) is 11.2 Å². The van der Waals surface area contributed by atoms with E-state index in [1.807, 2.05) is 59.9 Å². The van der Waals surface area contributed by atoms with Gasteiger partial charge in [-0.1, -0.05) is 54.1 Å². The van der Waals surface area contributed by atoms with E-state index in [0.29, 0.717) is 13.1 Å². The lowest BCUT2D eigenvalue weighted by Crippen LogP contribution is -2.41. The predicted molar refractivity (Wildman–Crippen MR) is 115 cm³/mol. The molecule has 3 aromatic carbocycles. The fraction of sp³-hybridized carbons (Fsp3) is 0.227. The van der Waals surface area contributed by atoms with Gasteiger partial charge in [0.15, 0.2) is 0 Å². The van der Waals surface area contributed by atoms with Crippen molar-refractivity contribution in [3.63, 3.8) is 0 Å². The van der Waals surface area contributed by atoms with E-state index >= 15 is 0 Å². The van der Waals surface area contributed by atoms with Crippen LogP contribution in [0.1, 0.15) is 10.8 Å². The summed E-state index contributed by atoms with van der Waals surface area (Å²) in [6.45, 7) is 1.04. The lowest BCUT2D eigenvalue weighted by Gasteiger charge is -2.36. The van der Waals surface area contributed by atoms with Crippen molar-refractivity contribution in [1.29, 1.82) is 0 Å². The lowest BCUT2D eigenvalue weighted by atomic mass is 10.1. The molecule has 0 unspecified atom stereocenters. The van der Waals surface area contributed by atoms with Crippen molar-refractivity contribution in [3.8, 4) is 0 Å². The average Bonchev–Trinajstić information content (AvgIpc) is 2.67. The highest BCUT2D eigenvalue weighted by Crippen LogP contribution is 2.48. The van der Waals surface area contributed by atoms with Gasteiger partial charge in [0.2, 0.25) is 5.91 Å². The van der Waals surface area contributed by atoms with Crippen molar-refractivity contribution in [3.05, 3.63) is 71.2 Å². The van der Waals surface area contributed by atoms with Crippen molar-refractivity contribution < 1.29 is 4.79 Å². The van der Waals surface area contributed by atoms with E-state index in [4.69, 9.17) is 11.6 Å². The van der Waals surface area contributed by atoms with Crippen molar-refractivity contribution >= 4 is 45.7 Å². The number of benzene rings is 3. The van der Waals surface area contributed by atoms with Gasteiger partial charge in [-0.05, 0) is 43.2 Å². The smallest absolute Gasteiger partial charge is 0.241 e. The van der Waals surface area contributed by atoms with Crippen LogP contribution in [-0.4, -0.2) is 38.0 Å². The number of halogens is 1. The second kappa shape index (κ2) is 7.55. The molecule has 0 fully saturated rings. The second-order valence-electron chi connectivity index (χ2n) is 7.03. The number of rotatable bonds is 3. The Balaban J connectivity index is 1.81. The summed E-state index contributed by atoms with van der Waals surface area (Å²) in [5, 5.41) is 3.20. The van der Waals surface area contributed by atoms with Crippen molar-refractivity contribution in [1.82, 2.24) is 4.90 Å². The van der Waals surface area contributed by atoms with Crippen LogP contribution in [0.5, 0.6) is 0 Å². The molecule has 0 N–H and O–H groups in total. The maximum Gasteiger partial charge on any atom is 0.241 e. The highest BCUT2D eigenvalue weighted by molar-refractivity contribution is 7.99. The van der Waals surface area contributed by atoms with Crippen LogP contribution in [0.15, 0.2) is 65.6 Å². The number of carbonyl (C=O) groups is 1. The van der Waals surface area contributed by atoms with E-state index in [2.05, 4.69) is 36.4 Å². The molecule has 138 valence electrons. The van der Waals surface area contributed by atoms with Gasteiger partial charge in [-0.25, -0.2) is 0 Å². The molecule has 0 bridgehead atoms. The van der Waals surface area contributed by atoms with Crippen LogP contribution in [-0.2, 0) is 4.79 Å². The zero-order chi connectivity index (χ0) is 19.0. The maximum atomic E-state index is 13.1. The Bertz CT molecular complexity index is 987. The Labute approximate surface area is 168 Å². The van der Waals surface area contributed by atoms with Gasteiger partial charge in [-0.2, -0.15) is 0 Å². The number of thioether (sulfide) groups is 1. The number of hydrogen-bond donors (Lipinski definition) is 0. The molecule has 1 aliphatic heterocycles. The van der Waals surface area contributed by atoms with Crippen LogP contribution < -0.4 is 4.90 Å². The molecule has 5 heteroatoms. The largest absolute Gasteiger partial charge is 0.308 e. The first-order chi connectivity index (χ1) is 13.0. The average molecular weight is 397 g/mol. The summed E-state index contributed by atoms with van der Waals surface area (Å²) in [7, 11) is 3.86. The van der Waals surface area contributed by atoms with Crippen LogP contribution in [0.2, 0.25) is 5.02 Å². The Hall–Kier alpha value is -2.01. The lowest BCUT2D eigenvalue weighted by molar-refractivity contribution is -0.119. The summed E-state index contributed by atoms with van der Waals surface area (Å²) in [6.07, 6.45) is 0. The molecule has 0 saturated carbocycles. The molecule has 0 radical (unpaired) electrons. The molecule has 0 spiro atoms. The molecule has 0 saturated heterocycles. The van der Waals surface area contributed by atoms with Crippen LogP contribution >= 0.6 is 23.4 Å². The van der Waals surface area contributed by atoms with Gasteiger partial charge in [-0.15, -0.1) is 11.8 Å². The van der Waals surface area contributed by atoms with Gasteiger partial charge in [-0.3, -0.25) is 4.79 Å². The molecule has 1 atom stereocenters. The molecule has 0 aromatic heterocycles. The quantitative estimate of drug-likeness (QED) is 0.605. The van der Waals surface area contributed by atoms with E-state index in [1.165, 1.54) is 5.56 Å². The summed E-state index contributed by atoms with van der Waals surface area (Å²) >= 11 is 7.88. The number of carbonyl (C=O) groups excluding carboxylic acids is 1. The molecule has 1 heterocycles. The molecule has 27 heavy (non-hydrogen) atoms. The van der Waals surface area contributed by atoms with Gasteiger partial charge in [0.05, 0.1) is 17.5 Å². The van der Waals surface area contributed by atoms with E-state index < -0.39 is 0 Å². The number of anilines is 1. The molecule has 1 amide bonds. The third kappa shape index (κ3) is 3.70. The zero-order valence-corrected chi connectivity index (χ0v) is 16.9. The summed E-state index contributed by atoms with van der Waals surface area (Å²) < 4.78 is 0. The summed E-state index contributed by atoms with van der Waals surface area (Å²) in [5.74, 6) is 0.122. The molecule has 0 aliphatic carbocycles. The van der Waals surface area contributed by atoms with Gasteiger partial charge < -0.3 is 9.80 Å². The number of hydrogen-bond acceptors (Lipinski definition) is 3. The van der Waals surface area contributed by atoms with Gasteiger partial charge in [0, 0.05) is 21.8 Å². The molecular formula is C22H21ClN2OS. The van der Waals surface area contributed by atoms with E-state index in [9.17, 15) is 4.79 Å². The summed E-state index contributed by atoms with van der Waals surface area (Å²) in [4.78, 5) is 18.1. The first kappa shape index (κ1) is 18.4. The van der Waals surface area contributed by atoms with E-state index in [0.717, 1.165) is 26.4 Å². The molecule has 4 rings (SSSR count). The van der Waals surface area contributed by atoms with Crippen LogP contribution in [0.25, 0.3) is 10.8 Å². The first-order valence-electron chi connectivity index (χ1n) is 8.92. The SMILES string of the molecule is CN(C)CC(=O)N1C[C@@H](c2ccc(Cl)cc2)Sc2ccc3ccccc3c21. The topological polar surface area (TPSA) is 23.6 Å². The van der Waals surface area contributed by atoms with Crippen molar-refractivity contribution in [2.75, 3.05) is 32.1 Å². The van der Waals surface area contributed by atoms with Gasteiger partial charge in [0.1, 0.15) is 0 Å². The van der Waals surface area contributed by atoms with Crippen LogP contribution in [0, 0.1) is 0 Å². The molecule has 1 aliphatic rings. The molecule has 3 aromatic rings. The third-order valence-electron chi connectivity index (χ3n) is 4.75. The minimum absolute atomic E-state index is 0.122. The fourth-order valence-corrected chi connectivity index (χ4v) is 4.92. The summed E-state index contributed by atoms with van der Waals surface area (Å²) in [5.41, 5.74) is 2.22. The third-order valence-corrected chi connectivity index (χ3v) is 6.29. The Morgan fingerprint density at radius 1 is 1.11 bits per heavy atom. The highest BCUT2D eigenvalue weighted by atomic mass is 35.5.